The molecule has 0 N–H and O–H groups in total. The minimum Gasteiger partial charge on any atom is -0.444 e. The summed E-state index contributed by atoms with van der Waals surface area (Å²) in [5, 5.41) is 8.97. The van der Waals surface area contributed by atoms with Crippen LogP contribution in [0.4, 0.5) is 4.79 Å². The zero-order valence-electron chi connectivity index (χ0n) is 11.0. The van der Waals surface area contributed by atoms with Crippen molar-refractivity contribution < 1.29 is 9.53 Å². The average Bonchev–Trinajstić information content (AvgIpc) is 2.05. The van der Waals surface area contributed by atoms with Crippen LogP contribution in [0.2, 0.25) is 0 Å². The number of ether oxygens (including phenoxy) is 1. The molecule has 0 aromatic carbocycles. The van der Waals surface area contributed by atoms with E-state index in [0.717, 1.165) is 25.9 Å². The van der Waals surface area contributed by atoms with Crippen LogP contribution in [0.1, 0.15) is 40.5 Å². The third kappa shape index (κ3) is 2.24. The fourth-order valence-corrected chi connectivity index (χ4v) is 3.13. The molecule has 1 amide bonds. The molecule has 1 saturated heterocycles. The summed E-state index contributed by atoms with van der Waals surface area (Å²) in [7, 11) is 0. The van der Waals surface area contributed by atoms with Crippen molar-refractivity contribution in [2.75, 3.05) is 13.1 Å². The SMILES string of the molecule is CC1(C#N)CC2(CN(C(=O)OC(C)(C)C)C2)C1. The predicted molar refractivity (Wildman–Crippen MR) is 63.2 cm³/mol. The van der Waals surface area contributed by atoms with Crippen molar-refractivity contribution >= 4 is 6.09 Å². The van der Waals surface area contributed by atoms with Crippen LogP contribution in [-0.4, -0.2) is 29.7 Å². The molecular formula is C13H20N2O2. The molecule has 4 nitrogen and oxygen atoms in total. The number of carbonyl (C=O) groups excluding carboxylic acids is 1. The third-order valence-electron chi connectivity index (χ3n) is 3.50. The largest absolute Gasteiger partial charge is 0.444 e. The van der Waals surface area contributed by atoms with E-state index in [1.165, 1.54) is 0 Å². The lowest BCUT2D eigenvalue weighted by atomic mass is 9.51. The number of amides is 1. The van der Waals surface area contributed by atoms with E-state index in [9.17, 15) is 4.79 Å². The second-order valence-corrected chi connectivity index (χ2v) is 6.86. The fourth-order valence-electron chi connectivity index (χ4n) is 3.13. The summed E-state index contributed by atoms with van der Waals surface area (Å²) in [4.78, 5) is 13.5. The summed E-state index contributed by atoms with van der Waals surface area (Å²) in [6.07, 6.45) is 1.60. The molecule has 0 radical (unpaired) electrons. The zero-order valence-corrected chi connectivity index (χ0v) is 11.0. The minimum absolute atomic E-state index is 0.167. The van der Waals surface area contributed by atoms with Gasteiger partial charge in [0.1, 0.15) is 5.60 Å². The third-order valence-corrected chi connectivity index (χ3v) is 3.50. The first kappa shape index (κ1) is 12.2. The van der Waals surface area contributed by atoms with Crippen molar-refractivity contribution in [3.05, 3.63) is 0 Å². The number of hydrogen-bond donors (Lipinski definition) is 0. The normalized spacial score (nSPS) is 24.5. The first-order chi connectivity index (χ1) is 7.67. The molecule has 94 valence electrons. The second-order valence-electron chi connectivity index (χ2n) is 6.86. The first-order valence-corrected chi connectivity index (χ1v) is 6.06. The van der Waals surface area contributed by atoms with E-state index in [1.807, 2.05) is 27.7 Å². The Morgan fingerprint density at radius 2 is 1.88 bits per heavy atom. The lowest BCUT2D eigenvalue weighted by Crippen LogP contribution is -2.66. The summed E-state index contributed by atoms with van der Waals surface area (Å²) in [6, 6.07) is 2.35. The summed E-state index contributed by atoms with van der Waals surface area (Å²) < 4.78 is 5.30. The van der Waals surface area contributed by atoms with E-state index in [-0.39, 0.29) is 16.9 Å². The highest BCUT2D eigenvalue weighted by Crippen LogP contribution is 2.58. The highest BCUT2D eigenvalue weighted by molar-refractivity contribution is 5.69. The Hall–Kier alpha value is -1.24. The molecule has 0 unspecified atom stereocenters. The van der Waals surface area contributed by atoms with E-state index < -0.39 is 5.60 Å². The van der Waals surface area contributed by atoms with E-state index in [4.69, 9.17) is 10.00 Å². The van der Waals surface area contributed by atoms with Crippen molar-refractivity contribution in [2.24, 2.45) is 10.8 Å². The average molecular weight is 236 g/mol. The van der Waals surface area contributed by atoms with Gasteiger partial charge in [0.2, 0.25) is 0 Å². The van der Waals surface area contributed by atoms with Gasteiger partial charge < -0.3 is 9.64 Å². The summed E-state index contributed by atoms with van der Waals surface area (Å²) >= 11 is 0. The monoisotopic (exact) mass is 236 g/mol. The van der Waals surface area contributed by atoms with Crippen molar-refractivity contribution in [3.63, 3.8) is 0 Å². The molecule has 17 heavy (non-hydrogen) atoms. The van der Waals surface area contributed by atoms with Gasteiger partial charge in [-0.15, -0.1) is 0 Å². The minimum atomic E-state index is -0.430. The van der Waals surface area contributed by atoms with Crippen LogP contribution in [-0.2, 0) is 4.74 Å². The number of rotatable bonds is 0. The van der Waals surface area contributed by atoms with Gasteiger partial charge >= 0.3 is 6.09 Å². The van der Waals surface area contributed by atoms with Crippen molar-refractivity contribution in [1.29, 1.82) is 5.26 Å². The highest BCUT2D eigenvalue weighted by atomic mass is 16.6. The molecule has 1 aliphatic heterocycles. The molecule has 0 atom stereocenters. The molecule has 0 aromatic heterocycles. The number of hydrogen-bond acceptors (Lipinski definition) is 3. The Kier molecular flexibility index (Phi) is 2.43. The summed E-state index contributed by atoms with van der Waals surface area (Å²) in [5.41, 5.74) is -0.387. The molecule has 2 fully saturated rings. The number of likely N-dealkylation sites (tertiary alicyclic amines) is 1. The Bertz CT molecular complexity index is 375. The van der Waals surface area contributed by atoms with Gasteiger partial charge in [-0.2, -0.15) is 5.26 Å². The molecule has 4 heteroatoms. The lowest BCUT2D eigenvalue weighted by molar-refractivity contribution is -0.112. The van der Waals surface area contributed by atoms with E-state index in [0.29, 0.717) is 0 Å². The maximum Gasteiger partial charge on any atom is 0.410 e. The zero-order chi connectivity index (χ0) is 12.9. The summed E-state index contributed by atoms with van der Waals surface area (Å²) in [6.45, 7) is 9.11. The van der Waals surface area contributed by atoms with Crippen LogP contribution in [0.5, 0.6) is 0 Å². The van der Waals surface area contributed by atoms with Crippen molar-refractivity contribution in [2.45, 2.75) is 46.1 Å². The number of carbonyl (C=O) groups is 1. The Labute approximate surface area is 103 Å². The molecule has 1 aliphatic carbocycles. The molecule has 1 heterocycles. The molecule has 1 spiro atoms. The van der Waals surface area contributed by atoms with Gasteiger partial charge in [-0.05, 0) is 40.5 Å². The van der Waals surface area contributed by atoms with Gasteiger partial charge in [-0.25, -0.2) is 4.79 Å². The van der Waals surface area contributed by atoms with Gasteiger partial charge in [0.15, 0.2) is 0 Å². The molecule has 2 aliphatic rings. The van der Waals surface area contributed by atoms with Crippen molar-refractivity contribution in [3.8, 4) is 6.07 Å². The predicted octanol–water partition coefficient (Wildman–Crippen LogP) is 2.55. The van der Waals surface area contributed by atoms with Gasteiger partial charge in [-0.1, -0.05) is 0 Å². The molecule has 0 bridgehead atoms. The topological polar surface area (TPSA) is 53.3 Å². The van der Waals surface area contributed by atoms with Crippen LogP contribution in [0.25, 0.3) is 0 Å². The van der Waals surface area contributed by atoms with Crippen molar-refractivity contribution in [1.82, 2.24) is 4.90 Å². The van der Waals surface area contributed by atoms with Gasteiger partial charge in [0, 0.05) is 18.5 Å². The maximum atomic E-state index is 11.7. The van der Waals surface area contributed by atoms with Gasteiger partial charge in [0.25, 0.3) is 0 Å². The van der Waals surface area contributed by atoms with Crippen LogP contribution < -0.4 is 0 Å². The van der Waals surface area contributed by atoms with E-state index in [2.05, 4.69) is 6.07 Å². The number of nitriles is 1. The van der Waals surface area contributed by atoms with E-state index >= 15 is 0 Å². The Morgan fingerprint density at radius 3 is 2.29 bits per heavy atom. The smallest absolute Gasteiger partial charge is 0.410 e. The van der Waals surface area contributed by atoms with Crippen LogP contribution in [0.15, 0.2) is 0 Å². The number of nitrogens with zero attached hydrogens (tertiary/aromatic N) is 2. The van der Waals surface area contributed by atoms with Crippen LogP contribution in [0, 0.1) is 22.2 Å². The van der Waals surface area contributed by atoms with Gasteiger partial charge in [0.05, 0.1) is 11.5 Å². The van der Waals surface area contributed by atoms with Crippen LogP contribution in [0.3, 0.4) is 0 Å². The second kappa shape index (κ2) is 3.38. The standard InChI is InChI=1S/C13H20N2O2/c1-11(2,3)17-10(16)15-8-13(9-15)5-12(4,6-13)7-14/h5-6,8-9H2,1-4H3. The first-order valence-electron chi connectivity index (χ1n) is 6.06. The Morgan fingerprint density at radius 1 is 1.35 bits per heavy atom. The fraction of sp³-hybridized carbons (Fsp3) is 0.846. The molecule has 0 aromatic rings. The lowest BCUT2D eigenvalue weighted by Gasteiger charge is -2.60. The summed E-state index contributed by atoms with van der Waals surface area (Å²) in [5.74, 6) is 0. The molecule has 2 rings (SSSR count). The van der Waals surface area contributed by atoms with Crippen LogP contribution >= 0.6 is 0 Å². The van der Waals surface area contributed by atoms with E-state index in [1.54, 1.807) is 4.90 Å². The Balaban J connectivity index is 1.81. The highest BCUT2D eigenvalue weighted by Gasteiger charge is 2.59. The van der Waals surface area contributed by atoms with Gasteiger partial charge in [-0.3, -0.25) is 0 Å². The quantitative estimate of drug-likeness (QED) is 0.649. The molecule has 1 saturated carbocycles. The molecular weight excluding hydrogens is 216 g/mol. The maximum absolute atomic E-state index is 11.7.